The van der Waals surface area contributed by atoms with E-state index in [1.54, 1.807) is 7.11 Å². The van der Waals surface area contributed by atoms with Crippen LogP contribution in [-0.2, 0) is 19.3 Å². The summed E-state index contributed by atoms with van der Waals surface area (Å²) in [6.45, 7) is 5.06. The van der Waals surface area contributed by atoms with Crippen LogP contribution in [0.3, 0.4) is 0 Å². The maximum atomic E-state index is 12.6. The lowest BCUT2D eigenvalue weighted by Gasteiger charge is -2.11. The highest BCUT2D eigenvalue weighted by Crippen LogP contribution is 2.29. The van der Waals surface area contributed by atoms with Gasteiger partial charge in [-0.25, -0.2) is 9.98 Å². The Labute approximate surface area is 154 Å². The van der Waals surface area contributed by atoms with Crippen LogP contribution in [0.15, 0.2) is 28.6 Å². The van der Waals surface area contributed by atoms with Crippen LogP contribution < -0.4 is 15.4 Å². The molecule has 0 aliphatic heterocycles. The number of guanidine groups is 1. The number of benzene rings is 1. The molecule has 0 spiro atoms. The molecule has 142 valence electrons. The summed E-state index contributed by atoms with van der Waals surface area (Å²) >= 11 is 0.962. The predicted octanol–water partition coefficient (Wildman–Crippen LogP) is 3.73. The van der Waals surface area contributed by atoms with E-state index in [-0.39, 0.29) is 6.54 Å². The second-order valence-corrected chi connectivity index (χ2v) is 6.43. The molecule has 2 N–H and O–H groups in total. The van der Waals surface area contributed by atoms with Crippen molar-refractivity contribution in [2.75, 3.05) is 13.7 Å². The second kappa shape index (κ2) is 8.88. The summed E-state index contributed by atoms with van der Waals surface area (Å²) in [5, 5.41) is 7.42. The van der Waals surface area contributed by atoms with Gasteiger partial charge >= 0.3 is 6.18 Å². The second-order valence-electron chi connectivity index (χ2n) is 5.49. The number of aromatic nitrogens is 1. The lowest BCUT2D eigenvalue weighted by atomic mass is 10.1. The zero-order chi connectivity index (χ0) is 19.2. The minimum absolute atomic E-state index is 0.164. The number of alkyl halides is 3. The molecule has 0 saturated carbocycles. The molecule has 2 aromatic rings. The minimum Gasteiger partial charge on any atom is -0.496 e. The van der Waals surface area contributed by atoms with Crippen molar-refractivity contribution in [2.45, 2.75) is 33.1 Å². The van der Waals surface area contributed by atoms with Crippen LogP contribution in [0.1, 0.15) is 28.8 Å². The van der Waals surface area contributed by atoms with Crippen molar-refractivity contribution in [1.29, 1.82) is 0 Å². The number of halogens is 3. The van der Waals surface area contributed by atoms with Gasteiger partial charge in [-0.05, 0) is 25.5 Å². The van der Waals surface area contributed by atoms with Gasteiger partial charge < -0.3 is 15.4 Å². The number of aryl methyl sites for hydroxylation is 1. The number of methoxy groups -OCH3 is 1. The topological polar surface area (TPSA) is 58.5 Å². The van der Waals surface area contributed by atoms with Gasteiger partial charge in [0.05, 0.1) is 20.2 Å². The average Bonchev–Trinajstić information content (AvgIpc) is 3.07. The van der Waals surface area contributed by atoms with Gasteiger partial charge in [-0.15, -0.1) is 11.3 Å². The lowest BCUT2D eigenvalue weighted by Crippen LogP contribution is -2.36. The molecule has 26 heavy (non-hydrogen) atoms. The van der Waals surface area contributed by atoms with E-state index in [9.17, 15) is 13.2 Å². The molecule has 0 amide bonds. The van der Waals surface area contributed by atoms with E-state index < -0.39 is 11.9 Å². The minimum atomic E-state index is -4.42. The van der Waals surface area contributed by atoms with Crippen molar-refractivity contribution in [3.05, 3.63) is 45.4 Å². The molecular formula is C17H21F3N4OS. The first-order chi connectivity index (χ1) is 12.3. The number of nitrogens with one attached hydrogen (secondary N) is 2. The fraction of sp³-hybridized carbons (Fsp3) is 0.412. The smallest absolute Gasteiger partial charge is 0.434 e. The van der Waals surface area contributed by atoms with Crippen molar-refractivity contribution >= 4 is 17.3 Å². The highest BCUT2D eigenvalue weighted by atomic mass is 32.1. The summed E-state index contributed by atoms with van der Waals surface area (Å²) < 4.78 is 43.2. The van der Waals surface area contributed by atoms with E-state index in [4.69, 9.17) is 4.74 Å². The van der Waals surface area contributed by atoms with Gasteiger partial charge in [0.15, 0.2) is 11.7 Å². The Kier molecular flexibility index (Phi) is 6.84. The predicted molar refractivity (Wildman–Crippen MR) is 96.5 cm³/mol. The number of ether oxygens (including phenoxy) is 1. The van der Waals surface area contributed by atoms with Crippen LogP contribution in [0.5, 0.6) is 5.75 Å². The van der Waals surface area contributed by atoms with Crippen LogP contribution in [-0.4, -0.2) is 24.6 Å². The Morgan fingerprint density at radius 2 is 2.08 bits per heavy atom. The molecule has 9 heteroatoms. The molecule has 2 rings (SSSR count). The number of rotatable bonds is 6. The first-order valence-electron chi connectivity index (χ1n) is 8.00. The normalized spacial score (nSPS) is 12.2. The highest BCUT2D eigenvalue weighted by molar-refractivity contribution is 7.09. The summed E-state index contributed by atoms with van der Waals surface area (Å²) in [7, 11) is 1.60. The van der Waals surface area contributed by atoms with Gasteiger partial charge in [-0.3, -0.25) is 0 Å². The molecule has 0 fully saturated rings. The number of thiazole rings is 1. The van der Waals surface area contributed by atoms with E-state index in [1.807, 2.05) is 32.0 Å². The van der Waals surface area contributed by atoms with Crippen LogP contribution in [0.25, 0.3) is 0 Å². The summed E-state index contributed by atoms with van der Waals surface area (Å²) in [6, 6.07) is 5.85. The summed E-state index contributed by atoms with van der Waals surface area (Å²) in [6.07, 6.45) is -4.42. The highest BCUT2D eigenvalue weighted by Gasteiger charge is 2.33. The first kappa shape index (κ1) is 20.0. The van der Waals surface area contributed by atoms with Gasteiger partial charge in [-0.1, -0.05) is 12.1 Å². The summed E-state index contributed by atoms with van der Waals surface area (Å²) in [4.78, 5) is 8.06. The maximum absolute atomic E-state index is 12.6. The van der Waals surface area contributed by atoms with E-state index in [0.29, 0.717) is 24.1 Å². The van der Waals surface area contributed by atoms with E-state index in [1.165, 1.54) is 0 Å². The van der Waals surface area contributed by atoms with Crippen molar-refractivity contribution in [2.24, 2.45) is 4.99 Å². The fourth-order valence-electron chi connectivity index (χ4n) is 2.17. The van der Waals surface area contributed by atoms with Gasteiger partial charge in [0, 0.05) is 17.5 Å². The third-order valence-electron chi connectivity index (χ3n) is 3.44. The zero-order valence-corrected chi connectivity index (χ0v) is 15.6. The zero-order valence-electron chi connectivity index (χ0n) is 14.8. The molecule has 1 heterocycles. The standard InChI is InChI=1S/C17H21F3N4OS/c1-4-21-16(22-8-12-6-5-11(2)7-13(12)25-3)23-9-15-24-14(10-26-15)17(18,19)20/h5-7,10H,4,8-9H2,1-3H3,(H2,21,22,23). The summed E-state index contributed by atoms with van der Waals surface area (Å²) in [5.74, 6) is 1.25. The van der Waals surface area contributed by atoms with Gasteiger partial charge in [0.1, 0.15) is 10.8 Å². The molecule has 0 bridgehead atoms. The van der Waals surface area contributed by atoms with E-state index >= 15 is 0 Å². The third kappa shape index (κ3) is 5.62. The first-order valence-corrected chi connectivity index (χ1v) is 8.88. The molecule has 0 radical (unpaired) electrons. The number of hydrogen-bond donors (Lipinski definition) is 2. The third-order valence-corrected chi connectivity index (χ3v) is 4.29. The quantitative estimate of drug-likeness (QED) is 0.587. The molecule has 0 atom stereocenters. The molecule has 0 saturated heterocycles. The number of aliphatic imine (C=N–C) groups is 1. The van der Waals surface area contributed by atoms with Gasteiger partial charge in [-0.2, -0.15) is 13.2 Å². The Bertz CT molecular complexity index is 759. The van der Waals surface area contributed by atoms with Crippen LogP contribution in [0.2, 0.25) is 0 Å². The SMILES string of the molecule is CCNC(=NCc1ccc(C)cc1OC)NCc1nc(C(F)(F)F)cs1. The van der Waals surface area contributed by atoms with Crippen molar-refractivity contribution < 1.29 is 17.9 Å². The van der Waals surface area contributed by atoms with Crippen molar-refractivity contribution in [3.63, 3.8) is 0 Å². The van der Waals surface area contributed by atoms with E-state index in [2.05, 4.69) is 20.6 Å². The van der Waals surface area contributed by atoms with Crippen molar-refractivity contribution in [3.8, 4) is 5.75 Å². The number of hydrogen-bond acceptors (Lipinski definition) is 4. The molecule has 5 nitrogen and oxygen atoms in total. The Morgan fingerprint density at radius 1 is 1.31 bits per heavy atom. The monoisotopic (exact) mass is 386 g/mol. The van der Waals surface area contributed by atoms with Gasteiger partial charge in [0.25, 0.3) is 0 Å². The Balaban J connectivity index is 2.04. The van der Waals surface area contributed by atoms with E-state index in [0.717, 1.165) is 33.6 Å². The molecule has 1 aromatic carbocycles. The molecule has 1 aromatic heterocycles. The van der Waals surface area contributed by atoms with Crippen LogP contribution >= 0.6 is 11.3 Å². The van der Waals surface area contributed by atoms with Crippen LogP contribution in [0.4, 0.5) is 13.2 Å². The van der Waals surface area contributed by atoms with Crippen LogP contribution in [0, 0.1) is 6.92 Å². The largest absolute Gasteiger partial charge is 0.496 e. The number of nitrogens with zero attached hydrogens (tertiary/aromatic N) is 2. The lowest BCUT2D eigenvalue weighted by molar-refractivity contribution is -0.140. The maximum Gasteiger partial charge on any atom is 0.434 e. The van der Waals surface area contributed by atoms with Gasteiger partial charge in [0.2, 0.25) is 0 Å². The fourth-order valence-corrected chi connectivity index (χ4v) is 2.91. The van der Waals surface area contributed by atoms with Crippen molar-refractivity contribution in [1.82, 2.24) is 15.6 Å². The summed E-state index contributed by atoms with van der Waals surface area (Å²) in [5.41, 5.74) is 1.14. The average molecular weight is 386 g/mol. The Hall–Kier alpha value is -2.29. The molecular weight excluding hydrogens is 365 g/mol. The Morgan fingerprint density at radius 3 is 2.69 bits per heavy atom. The molecule has 0 unspecified atom stereocenters. The molecule has 0 aliphatic carbocycles. The molecule has 0 aliphatic rings.